The second kappa shape index (κ2) is 11.8. The number of amides is 1. The molecule has 1 aliphatic rings. The summed E-state index contributed by atoms with van der Waals surface area (Å²) in [7, 11) is 3.22. The molecule has 6 nitrogen and oxygen atoms in total. The maximum atomic E-state index is 12.8. The predicted octanol–water partition coefficient (Wildman–Crippen LogP) is 4.47. The summed E-state index contributed by atoms with van der Waals surface area (Å²) in [6, 6.07) is 10.0. The van der Waals surface area contributed by atoms with Crippen LogP contribution in [0.1, 0.15) is 55.0 Å². The number of nitrogens with one attached hydrogen (secondary N) is 1. The van der Waals surface area contributed by atoms with Crippen LogP contribution in [0, 0.1) is 11.3 Å². The van der Waals surface area contributed by atoms with Gasteiger partial charge in [0.1, 0.15) is 11.1 Å². The number of hydrogen-bond acceptors (Lipinski definition) is 6. The van der Waals surface area contributed by atoms with E-state index in [0.717, 1.165) is 36.9 Å². The lowest BCUT2D eigenvalue weighted by molar-refractivity contribution is -0.120. The monoisotopic (exact) mass is 453 g/mol. The van der Waals surface area contributed by atoms with Crippen LogP contribution in [0.5, 0.6) is 11.5 Å². The molecule has 1 aromatic heterocycles. The number of ether oxygens (including phenoxy) is 2. The summed E-state index contributed by atoms with van der Waals surface area (Å²) < 4.78 is 10.6. The Hall–Kier alpha value is -2.72. The first-order valence-corrected chi connectivity index (χ1v) is 12.1. The summed E-state index contributed by atoms with van der Waals surface area (Å²) in [5.74, 6) is 1.33. The van der Waals surface area contributed by atoms with Crippen molar-refractivity contribution in [1.82, 2.24) is 10.3 Å². The highest BCUT2D eigenvalue weighted by atomic mass is 32.2. The molecule has 1 atom stereocenters. The van der Waals surface area contributed by atoms with Gasteiger partial charge in [0.15, 0.2) is 11.5 Å². The number of methoxy groups -OCH3 is 2. The van der Waals surface area contributed by atoms with Crippen LogP contribution >= 0.6 is 11.8 Å². The Balaban J connectivity index is 1.63. The van der Waals surface area contributed by atoms with Crippen molar-refractivity contribution in [3.63, 3.8) is 0 Å². The van der Waals surface area contributed by atoms with Crippen LogP contribution in [0.3, 0.4) is 0 Å². The van der Waals surface area contributed by atoms with Crippen molar-refractivity contribution in [3.05, 3.63) is 46.6 Å². The van der Waals surface area contributed by atoms with E-state index >= 15 is 0 Å². The zero-order valence-corrected chi connectivity index (χ0v) is 19.9. The van der Waals surface area contributed by atoms with Crippen LogP contribution in [-0.2, 0) is 24.1 Å². The average Bonchev–Trinajstić information content (AvgIpc) is 3.06. The van der Waals surface area contributed by atoms with Crippen LogP contribution in [0.25, 0.3) is 0 Å². The van der Waals surface area contributed by atoms with Gasteiger partial charge in [-0.2, -0.15) is 5.26 Å². The maximum Gasteiger partial charge on any atom is 0.233 e. The summed E-state index contributed by atoms with van der Waals surface area (Å²) in [6.07, 6.45) is 6.75. The second-order valence-electron chi connectivity index (χ2n) is 7.86. The SMILES string of the molecule is CCC(Sc1nc2c(cc1C#N)CCCCC2)C(=O)NCCc1ccc(OC)c(OC)c1. The van der Waals surface area contributed by atoms with Gasteiger partial charge in [-0.25, -0.2) is 4.98 Å². The van der Waals surface area contributed by atoms with Crippen LogP contribution in [0.4, 0.5) is 0 Å². The quantitative estimate of drug-likeness (QED) is 0.445. The predicted molar refractivity (Wildman–Crippen MR) is 126 cm³/mol. The van der Waals surface area contributed by atoms with E-state index < -0.39 is 0 Å². The van der Waals surface area contributed by atoms with E-state index in [9.17, 15) is 10.1 Å². The molecule has 32 heavy (non-hydrogen) atoms. The Kier molecular flexibility index (Phi) is 8.81. The normalized spacial score (nSPS) is 13.9. The zero-order valence-electron chi connectivity index (χ0n) is 19.1. The molecule has 1 heterocycles. The molecule has 1 aromatic carbocycles. The molecule has 0 bridgehead atoms. The fourth-order valence-corrected chi connectivity index (χ4v) is 4.92. The van der Waals surface area contributed by atoms with Crippen LogP contribution in [0.2, 0.25) is 0 Å². The largest absolute Gasteiger partial charge is 0.493 e. The zero-order chi connectivity index (χ0) is 22.9. The second-order valence-corrected chi connectivity index (χ2v) is 9.06. The number of aryl methyl sites for hydroxylation is 2. The first-order valence-electron chi connectivity index (χ1n) is 11.2. The van der Waals surface area contributed by atoms with E-state index in [-0.39, 0.29) is 11.2 Å². The molecule has 0 spiro atoms. The molecule has 0 saturated heterocycles. The molecular weight excluding hydrogens is 422 g/mol. The number of nitrogens with zero attached hydrogens (tertiary/aromatic N) is 2. The van der Waals surface area contributed by atoms with Gasteiger partial charge in [0.25, 0.3) is 0 Å². The molecule has 170 valence electrons. The Morgan fingerprint density at radius 2 is 1.97 bits per heavy atom. The van der Waals surface area contributed by atoms with Gasteiger partial charge in [0, 0.05) is 12.2 Å². The summed E-state index contributed by atoms with van der Waals surface area (Å²) in [5, 5.41) is 13.1. The van der Waals surface area contributed by atoms with Gasteiger partial charge in [-0.3, -0.25) is 4.79 Å². The number of nitriles is 1. The van der Waals surface area contributed by atoms with Crippen molar-refractivity contribution >= 4 is 17.7 Å². The van der Waals surface area contributed by atoms with E-state index in [1.165, 1.54) is 23.7 Å². The summed E-state index contributed by atoms with van der Waals surface area (Å²) in [6.45, 7) is 2.51. The third-order valence-corrected chi connectivity index (χ3v) is 7.08. The van der Waals surface area contributed by atoms with Gasteiger partial charge >= 0.3 is 0 Å². The highest BCUT2D eigenvalue weighted by Crippen LogP contribution is 2.31. The van der Waals surface area contributed by atoms with E-state index in [2.05, 4.69) is 11.4 Å². The van der Waals surface area contributed by atoms with E-state index in [1.807, 2.05) is 31.2 Å². The van der Waals surface area contributed by atoms with Gasteiger partial charge in [-0.15, -0.1) is 0 Å². The molecule has 1 aliphatic carbocycles. The molecule has 2 aromatic rings. The number of carbonyl (C=O) groups is 1. The number of aromatic nitrogens is 1. The molecule has 7 heteroatoms. The molecule has 0 saturated carbocycles. The molecule has 1 unspecified atom stereocenters. The highest BCUT2D eigenvalue weighted by molar-refractivity contribution is 8.00. The molecule has 0 radical (unpaired) electrons. The minimum absolute atomic E-state index is 0.0291. The smallest absolute Gasteiger partial charge is 0.233 e. The number of pyridine rings is 1. The Morgan fingerprint density at radius 3 is 2.69 bits per heavy atom. The lowest BCUT2D eigenvalue weighted by Gasteiger charge is -2.16. The van der Waals surface area contributed by atoms with Crippen molar-refractivity contribution < 1.29 is 14.3 Å². The average molecular weight is 454 g/mol. The van der Waals surface area contributed by atoms with Gasteiger partial charge in [-0.1, -0.05) is 31.2 Å². The Labute approximate surface area is 194 Å². The van der Waals surface area contributed by atoms with Crippen molar-refractivity contribution in [3.8, 4) is 17.6 Å². The summed E-state index contributed by atoms with van der Waals surface area (Å²) >= 11 is 1.40. The summed E-state index contributed by atoms with van der Waals surface area (Å²) in [4.78, 5) is 17.7. The molecule has 0 fully saturated rings. The van der Waals surface area contributed by atoms with Gasteiger partial charge in [0.2, 0.25) is 5.91 Å². The van der Waals surface area contributed by atoms with Crippen LogP contribution < -0.4 is 14.8 Å². The first-order chi connectivity index (χ1) is 15.6. The van der Waals surface area contributed by atoms with E-state index in [1.54, 1.807) is 14.2 Å². The standard InChI is InChI=1S/C25H31N3O3S/c1-4-23(24(29)27-13-12-17-10-11-21(30-2)22(14-17)31-3)32-25-19(16-26)15-18-8-6-5-7-9-20(18)28-25/h10-11,14-15,23H,4-9,12-13H2,1-3H3,(H,27,29). The van der Waals surface area contributed by atoms with Crippen LogP contribution in [0.15, 0.2) is 29.3 Å². The fraction of sp³-hybridized carbons (Fsp3) is 0.480. The molecule has 1 N–H and O–H groups in total. The Bertz CT molecular complexity index is 987. The molecule has 1 amide bonds. The number of fused-ring (bicyclic) bond motifs is 1. The van der Waals surface area contributed by atoms with Gasteiger partial charge in [0.05, 0.1) is 25.0 Å². The number of carbonyl (C=O) groups excluding carboxylic acids is 1. The number of benzene rings is 1. The van der Waals surface area contributed by atoms with E-state index in [0.29, 0.717) is 41.5 Å². The molecule has 3 rings (SSSR count). The maximum absolute atomic E-state index is 12.8. The van der Waals surface area contributed by atoms with Gasteiger partial charge in [-0.05, 0) is 67.9 Å². The lowest BCUT2D eigenvalue weighted by Crippen LogP contribution is -2.33. The van der Waals surface area contributed by atoms with Crippen molar-refractivity contribution in [2.45, 2.75) is 62.1 Å². The minimum Gasteiger partial charge on any atom is -0.493 e. The topological polar surface area (TPSA) is 84.2 Å². The van der Waals surface area contributed by atoms with Crippen molar-refractivity contribution in [2.75, 3.05) is 20.8 Å². The molecule has 0 aliphatic heterocycles. The molecular formula is C25H31N3O3S. The van der Waals surface area contributed by atoms with Crippen LogP contribution in [-0.4, -0.2) is 36.9 Å². The third-order valence-electron chi connectivity index (χ3n) is 5.71. The number of rotatable bonds is 9. The van der Waals surface area contributed by atoms with E-state index in [4.69, 9.17) is 14.5 Å². The van der Waals surface area contributed by atoms with Crippen molar-refractivity contribution in [2.24, 2.45) is 0 Å². The fourth-order valence-electron chi connectivity index (χ4n) is 3.90. The number of hydrogen-bond donors (Lipinski definition) is 1. The lowest BCUT2D eigenvalue weighted by atomic mass is 10.1. The highest BCUT2D eigenvalue weighted by Gasteiger charge is 2.22. The van der Waals surface area contributed by atoms with Gasteiger partial charge < -0.3 is 14.8 Å². The third kappa shape index (κ3) is 5.95. The first kappa shape index (κ1) is 23.9. The minimum atomic E-state index is -0.288. The Morgan fingerprint density at radius 1 is 1.19 bits per heavy atom. The van der Waals surface area contributed by atoms with Crippen molar-refractivity contribution in [1.29, 1.82) is 5.26 Å². The number of thioether (sulfide) groups is 1. The summed E-state index contributed by atoms with van der Waals surface area (Å²) in [5.41, 5.74) is 3.92.